The molecular formula is C13H24N4O2. The first kappa shape index (κ1) is 14.4. The molecule has 2 heterocycles. The van der Waals surface area contributed by atoms with Crippen molar-refractivity contribution in [2.75, 3.05) is 40.3 Å². The number of ether oxygens (including phenoxy) is 1. The highest BCUT2D eigenvalue weighted by Crippen LogP contribution is 2.14. The summed E-state index contributed by atoms with van der Waals surface area (Å²) in [6, 6.07) is 0. The molecule has 1 saturated heterocycles. The molecule has 1 aromatic rings. The van der Waals surface area contributed by atoms with E-state index in [2.05, 4.69) is 47.9 Å². The van der Waals surface area contributed by atoms with Crippen LogP contribution in [0.25, 0.3) is 0 Å². The van der Waals surface area contributed by atoms with Gasteiger partial charge in [-0.15, -0.1) is 10.2 Å². The van der Waals surface area contributed by atoms with Gasteiger partial charge in [0.05, 0.1) is 19.3 Å². The van der Waals surface area contributed by atoms with E-state index < -0.39 is 0 Å². The highest BCUT2D eigenvalue weighted by molar-refractivity contribution is 4.88. The second-order valence-electron chi connectivity index (χ2n) is 5.68. The van der Waals surface area contributed by atoms with Gasteiger partial charge in [-0.1, -0.05) is 13.8 Å². The molecule has 2 rings (SSSR count). The van der Waals surface area contributed by atoms with E-state index >= 15 is 0 Å². The summed E-state index contributed by atoms with van der Waals surface area (Å²) in [5.41, 5.74) is 0. The van der Waals surface area contributed by atoms with E-state index in [1.807, 2.05) is 0 Å². The summed E-state index contributed by atoms with van der Waals surface area (Å²) >= 11 is 0. The minimum atomic E-state index is 0.260. The number of aromatic nitrogens is 2. The Labute approximate surface area is 114 Å². The Hall–Kier alpha value is -0.980. The van der Waals surface area contributed by atoms with E-state index in [-0.39, 0.29) is 12.0 Å². The number of hydrogen-bond donors (Lipinski definition) is 0. The molecule has 1 aliphatic rings. The third-order valence-electron chi connectivity index (χ3n) is 3.13. The fourth-order valence-electron chi connectivity index (χ4n) is 2.20. The molecule has 0 amide bonds. The standard InChI is InChI=1S/C13H24N4O2/c1-10(2)13-15-14-12(19-13)9-17-5-6-18-11(8-17)7-16(3)4/h10-11H,5-9H2,1-4H3. The summed E-state index contributed by atoms with van der Waals surface area (Å²) in [5.74, 6) is 1.70. The second kappa shape index (κ2) is 6.45. The van der Waals surface area contributed by atoms with E-state index in [4.69, 9.17) is 9.15 Å². The van der Waals surface area contributed by atoms with Crippen LogP contribution in [0.2, 0.25) is 0 Å². The average molecular weight is 268 g/mol. The highest BCUT2D eigenvalue weighted by atomic mass is 16.5. The number of nitrogens with zero attached hydrogens (tertiary/aromatic N) is 4. The maximum Gasteiger partial charge on any atom is 0.230 e. The van der Waals surface area contributed by atoms with Gasteiger partial charge in [0.1, 0.15) is 0 Å². The van der Waals surface area contributed by atoms with Crippen molar-refractivity contribution >= 4 is 0 Å². The summed E-state index contributed by atoms with van der Waals surface area (Å²) in [5, 5.41) is 8.17. The summed E-state index contributed by atoms with van der Waals surface area (Å²) < 4.78 is 11.4. The van der Waals surface area contributed by atoms with Gasteiger partial charge in [-0.3, -0.25) is 4.90 Å². The maximum atomic E-state index is 5.75. The topological polar surface area (TPSA) is 54.6 Å². The predicted molar refractivity (Wildman–Crippen MR) is 72.0 cm³/mol. The van der Waals surface area contributed by atoms with Crippen LogP contribution in [0.1, 0.15) is 31.5 Å². The Kier molecular flexibility index (Phi) is 4.90. The lowest BCUT2D eigenvalue weighted by molar-refractivity contribution is -0.0427. The van der Waals surface area contributed by atoms with E-state index in [0.29, 0.717) is 18.3 Å². The Morgan fingerprint density at radius 3 is 2.79 bits per heavy atom. The third-order valence-corrected chi connectivity index (χ3v) is 3.13. The second-order valence-corrected chi connectivity index (χ2v) is 5.68. The zero-order valence-corrected chi connectivity index (χ0v) is 12.3. The van der Waals surface area contributed by atoms with Crippen molar-refractivity contribution in [1.29, 1.82) is 0 Å². The highest BCUT2D eigenvalue weighted by Gasteiger charge is 2.22. The van der Waals surface area contributed by atoms with Crippen LogP contribution in [0.15, 0.2) is 4.42 Å². The molecule has 1 fully saturated rings. The largest absolute Gasteiger partial charge is 0.424 e. The van der Waals surface area contributed by atoms with Crippen LogP contribution in [-0.4, -0.2) is 66.4 Å². The third kappa shape index (κ3) is 4.26. The Morgan fingerprint density at radius 2 is 2.16 bits per heavy atom. The SMILES string of the molecule is CC(C)c1nnc(CN2CCOC(CN(C)C)C2)o1. The zero-order chi connectivity index (χ0) is 13.8. The van der Waals surface area contributed by atoms with Crippen molar-refractivity contribution in [3.8, 4) is 0 Å². The van der Waals surface area contributed by atoms with Crippen LogP contribution < -0.4 is 0 Å². The Morgan fingerprint density at radius 1 is 1.37 bits per heavy atom. The molecule has 0 bridgehead atoms. The van der Waals surface area contributed by atoms with Crippen molar-refractivity contribution in [3.63, 3.8) is 0 Å². The van der Waals surface area contributed by atoms with E-state index in [9.17, 15) is 0 Å². The molecule has 0 aliphatic carbocycles. The number of hydrogen-bond acceptors (Lipinski definition) is 6. The van der Waals surface area contributed by atoms with Gasteiger partial charge in [-0.05, 0) is 14.1 Å². The van der Waals surface area contributed by atoms with Gasteiger partial charge in [0, 0.05) is 25.6 Å². The molecule has 1 atom stereocenters. The zero-order valence-electron chi connectivity index (χ0n) is 12.3. The maximum absolute atomic E-state index is 5.75. The molecule has 108 valence electrons. The lowest BCUT2D eigenvalue weighted by atomic mass is 10.2. The smallest absolute Gasteiger partial charge is 0.230 e. The van der Waals surface area contributed by atoms with E-state index in [1.165, 1.54) is 0 Å². The van der Waals surface area contributed by atoms with Gasteiger partial charge < -0.3 is 14.1 Å². The number of rotatable bonds is 5. The van der Waals surface area contributed by atoms with Crippen molar-refractivity contribution in [3.05, 3.63) is 11.8 Å². The molecule has 0 saturated carbocycles. The molecule has 6 heteroatoms. The first-order chi connectivity index (χ1) is 9.04. The summed E-state index contributed by atoms with van der Waals surface area (Å²) in [4.78, 5) is 4.47. The van der Waals surface area contributed by atoms with Crippen LogP contribution in [0.4, 0.5) is 0 Å². The fourth-order valence-corrected chi connectivity index (χ4v) is 2.20. The molecule has 1 aliphatic heterocycles. The van der Waals surface area contributed by atoms with Crippen molar-refractivity contribution in [2.45, 2.75) is 32.4 Å². The quantitative estimate of drug-likeness (QED) is 0.792. The fraction of sp³-hybridized carbons (Fsp3) is 0.846. The van der Waals surface area contributed by atoms with Gasteiger partial charge in [0.25, 0.3) is 0 Å². The van der Waals surface area contributed by atoms with Crippen LogP contribution in [0.5, 0.6) is 0 Å². The molecule has 19 heavy (non-hydrogen) atoms. The number of morpholine rings is 1. The van der Waals surface area contributed by atoms with Gasteiger partial charge in [0.2, 0.25) is 11.8 Å². The molecule has 0 radical (unpaired) electrons. The minimum absolute atomic E-state index is 0.260. The molecule has 0 spiro atoms. The lowest BCUT2D eigenvalue weighted by Crippen LogP contribution is -2.46. The monoisotopic (exact) mass is 268 g/mol. The molecule has 1 unspecified atom stereocenters. The Bertz CT molecular complexity index is 392. The minimum Gasteiger partial charge on any atom is -0.424 e. The van der Waals surface area contributed by atoms with Gasteiger partial charge in [-0.2, -0.15) is 0 Å². The molecular weight excluding hydrogens is 244 g/mol. The molecule has 0 N–H and O–H groups in total. The van der Waals surface area contributed by atoms with Crippen molar-refractivity contribution in [2.24, 2.45) is 0 Å². The average Bonchev–Trinajstić information content (AvgIpc) is 2.77. The lowest BCUT2D eigenvalue weighted by Gasteiger charge is -2.33. The first-order valence-electron chi connectivity index (χ1n) is 6.85. The van der Waals surface area contributed by atoms with Crippen LogP contribution in [0, 0.1) is 0 Å². The van der Waals surface area contributed by atoms with Gasteiger partial charge in [0.15, 0.2) is 0 Å². The molecule has 0 aromatic carbocycles. The van der Waals surface area contributed by atoms with Crippen LogP contribution in [-0.2, 0) is 11.3 Å². The summed E-state index contributed by atoms with van der Waals surface area (Å²) in [7, 11) is 4.13. The normalized spacial score (nSPS) is 21.5. The van der Waals surface area contributed by atoms with Crippen LogP contribution >= 0.6 is 0 Å². The van der Waals surface area contributed by atoms with Crippen LogP contribution in [0.3, 0.4) is 0 Å². The van der Waals surface area contributed by atoms with Gasteiger partial charge >= 0.3 is 0 Å². The summed E-state index contributed by atoms with van der Waals surface area (Å²) in [6.45, 7) is 8.37. The van der Waals surface area contributed by atoms with E-state index in [0.717, 1.165) is 26.2 Å². The Balaban J connectivity index is 1.87. The first-order valence-corrected chi connectivity index (χ1v) is 6.85. The van der Waals surface area contributed by atoms with Crippen molar-refractivity contribution < 1.29 is 9.15 Å². The molecule has 1 aromatic heterocycles. The van der Waals surface area contributed by atoms with E-state index in [1.54, 1.807) is 0 Å². The van der Waals surface area contributed by atoms with Gasteiger partial charge in [-0.25, -0.2) is 0 Å². The number of likely N-dealkylation sites (N-methyl/N-ethyl adjacent to an activating group) is 1. The van der Waals surface area contributed by atoms with Crippen molar-refractivity contribution in [1.82, 2.24) is 20.0 Å². The summed E-state index contributed by atoms with van der Waals surface area (Å²) in [6.07, 6.45) is 0.260. The predicted octanol–water partition coefficient (Wildman–Crippen LogP) is 0.955. The molecule has 6 nitrogen and oxygen atoms in total.